The van der Waals surface area contributed by atoms with E-state index in [1.165, 1.54) is 0 Å². The van der Waals surface area contributed by atoms with Gasteiger partial charge in [0.25, 0.3) is 0 Å². The molecule has 0 heterocycles. The third-order valence-electron chi connectivity index (χ3n) is 3.29. The number of ether oxygens (including phenoxy) is 1. The molecule has 0 aliphatic rings. The summed E-state index contributed by atoms with van der Waals surface area (Å²) in [6, 6.07) is 17.4. The predicted octanol–water partition coefficient (Wildman–Crippen LogP) is 3.24. The summed E-state index contributed by atoms with van der Waals surface area (Å²) in [5.74, 6) is 0.193. The van der Waals surface area contributed by atoms with Gasteiger partial charge in [0, 0.05) is 4.90 Å². The Morgan fingerprint density at radius 3 is 2.52 bits per heavy atom. The number of aliphatic hydroxyl groups is 1. The summed E-state index contributed by atoms with van der Waals surface area (Å²) in [5, 5.41) is 9.92. The minimum atomic E-state index is -1.20. The zero-order valence-electron chi connectivity index (χ0n) is 13.2. The van der Waals surface area contributed by atoms with Crippen molar-refractivity contribution in [2.75, 3.05) is 12.4 Å². The van der Waals surface area contributed by atoms with Crippen LogP contribution in [0.5, 0.6) is 0 Å². The van der Waals surface area contributed by atoms with E-state index in [2.05, 4.69) is 0 Å². The molecule has 0 amide bonds. The van der Waals surface area contributed by atoms with Gasteiger partial charge in [0.05, 0.1) is 35.9 Å². The highest BCUT2D eigenvalue weighted by molar-refractivity contribution is 7.85. The summed E-state index contributed by atoms with van der Waals surface area (Å²) < 4.78 is 17.6. The van der Waals surface area contributed by atoms with Crippen LogP contribution < -0.4 is 0 Å². The van der Waals surface area contributed by atoms with Gasteiger partial charge in [-0.2, -0.15) is 0 Å². The minimum absolute atomic E-state index is 0.193. The molecule has 2 aromatic carbocycles. The Labute approximate surface area is 140 Å². The molecule has 122 valence electrons. The fourth-order valence-electron chi connectivity index (χ4n) is 2.03. The lowest BCUT2D eigenvalue weighted by Crippen LogP contribution is -2.14. The van der Waals surface area contributed by atoms with Crippen molar-refractivity contribution in [2.45, 2.75) is 24.5 Å². The number of aryl methyl sites for hydroxylation is 1. The summed E-state index contributed by atoms with van der Waals surface area (Å²) >= 11 is 0. The van der Waals surface area contributed by atoms with E-state index < -0.39 is 16.9 Å². The molecule has 0 saturated carbocycles. The molecule has 2 rings (SSSR count). The first-order chi connectivity index (χ1) is 11.1. The molecule has 0 aliphatic carbocycles. The molecule has 23 heavy (non-hydrogen) atoms. The van der Waals surface area contributed by atoms with Crippen molar-refractivity contribution in [3.05, 3.63) is 77.9 Å². The summed E-state index contributed by atoms with van der Waals surface area (Å²) in [5.41, 5.74) is 2.24. The maximum Gasteiger partial charge on any atom is 0.0840 e. The van der Waals surface area contributed by atoms with Gasteiger partial charge < -0.3 is 9.84 Å². The van der Waals surface area contributed by atoms with Crippen molar-refractivity contribution in [2.24, 2.45) is 0 Å². The molecule has 0 aromatic heterocycles. The van der Waals surface area contributed by atoms with Crippen LogP contribution in [-0.2, 0) is 22.1 Å². The van der Waals surface area contributed by atoms with E-state index in [-0.39, 0.29) is 5.75 Å². The van der Waals surface area contributed by atoms with E-state index in [1.54, 1.807) is 12.2 Å². The third-order valence-corrected chi connectivity index (χ3v) is 4.73. The number of hydrogen-bond donors (Lipinski definition) is 1. The molecule has 3 nitrogen and oxygen atoms in total. The predicted molar refractivity (Wildman–Crippen MR) is 93.7 cm³/mol. The van der Waals surface area contributed by atoms with E-state index in [0.717, 1.165) is 16.0 Å². The van der Waals surface area contributed by atoms with Gasteiger partial charge in [0.1, 0.15) is 0 Å². The third kappa shape index (κ3) is 6.48. The first-order valence-corrected chi connectivity index (χ1v) is 8.88. The van der Waals surface area contributed by atoms with Gasteiger partial charge in [-0.05, 0) is 24.6 Å². The first-order valence-electron chi connectivity index (χ1n) is 7.56. The topological polar surface area (TPSA) is 46.5 Å². The summed E-state index contributed by atoms with van der Waals surface area (Å²) in [6.07, 6.45) is 2.66. The van der Waals surface area contributed by atoms with Gasteiger partial charge in [-0.15, -0.1) is 0 Å². The Morgan fingerprint density at radius 1 is 1.13 bits per heavy atom. The smallest absolute Gasteiger partial charge is 0.0840 e. The van der Waals surface area contributed by atoms with Crippen LogP contribution in [0.25, 0.3) is 0 Å². The number of benzene rings is 2. The Balaban J connectivity index is 1.70. The van der Waals surface area contributed by atoms with Gasteiger partial charge in [-0.25, -0.2) is 0 Å². The summed E-state index contributed by atoms with van der Waals surface area (Å²) in [4.78, 5) is 0.739. The first kappa shape index (κ1) is 17.6. The Hall–Kier alpha value is -1.75. The SMILES string of the molecule is Cc1ccc(S(=O)C[C@@H](O)/C=C/COCc2ccccc2)cc1. The quantitative estimate of drug-likeness (QED) is 0.597. The molecule has 1 N–H and O–H groups in total. The molecular formula is C19H22O3S. The van der Waals surface area contributed by atoms with Crippen molar-refractivity contribution in [1.82, 2.24) is 0 Å². The molecule has 0 radical (unpaired) electrons. The lowest BCUT2D eigenvalue weighted by atomic mass is 10.2. The van der Waals surface area contributed by atoms with Crippen LogP contribution in [-0.4, -0.2) is 27.8 Å². The summed E-state index contributed by atoms with van der Waals surface area (Å²) in [7, 11) is -1.20. The molecule has 0 saturated heterocycles. The van der Waals surface area contributed by atoms with E-state index in [4.69, 9.17) is 4.74 Å². The lowest BCUT2D eigenvalue weighted by Gasteiger charge is -2.06. The maximum atomic E-state index is 12.1. The fraction of sp³-hybridized carbons (Fsp3) is 0.263. The number of hydrogen-bond acceptors (Lipinski definition) is 3. The molecule has 0 aliphatic heterocycles. The van der Waals surface area contributed by atoms with Crippen LogP contribution in [0.2, 0.25) is 0 Å². The van der Waals surface area contributed by atoms with Gasteiger partial charge >= 0.3 is 0 Å². The zero-order chi connectivity index (χ0) is 16.5. The van der Waals surface area contributed by atoms with E-state index in [0.29, 0.717) is 13.2 Å². The summed E-state index contributed by atoms with van der Waals surface area (Å²) in [6.45, 7) is 2.94. The second kappa shape index (κ2) is 9.40. The van der Waals surface area contributed by atoms with Gasteiger partial charge in [0.2, 0.25) is 0 Å². The molecule has 1 unspecified atom stereocenters. The average molecular weight is 330 g/mol. The highest BCUT2D eigenvalue weighted by Gasteiger charge is 2.08. The van der Waals surface area contributed by atoms with Crippen LogP contribution in [0.1, 0.15) is 11.1 Å². The van der Waals surface area contributed by atoms with Crippen LogP contribution in [0, 0.1) is 6.92 Å². The molecule has 4 heteroatoms. The largest absolute Gasteiger partial charge is 0.388 e. The van der Waals surface area contributed by atoms with E-state index >= 15 is 0 Å². The monoisotopic (exact) mass is 330 g/mol. The van der Waals surface area contributed by atoms with Gasteiger partial charge in [-0.3, -0.25) is 4.21 Å². The highest BCUT2D eigenvalue weighted by Crippen LogP contribution is 2.09. The van der Waals surface area contributed by atoms with Crippen molar-refractivity contribution in [3.8, 4) is 0 Å². The molecule has 2 atom stereocenters. The van der Waals surface area contributed by atoms with Gasteiger partial charge in [-0.1, -0.05) is 60.2 Å². The van der Waals surface area contributed by atoms with Crippen molar-refractivity contribution < 1.29 is 14.1 Å². The standard InChI is InChI=1S/C19H22O3S/c1-16-9-11-19(12-10-16)23(21)15-18(20)8-5-13-22-14-17-6-3-2-4-7-17/h2-12,18,20H,13-15H2,1H3/b8-5+/t18-,23?/m0/s1. The fourth-order valence-corrected chi connectivity index (χ4v) is 3.08. The molecular weight excluding hydrogens is 308 g/mol. The average Bonchev–Trinajstić information content (AvgIpc) is 2.56. The highest BCUT2D eigenvalue weighted by atomic mass is 32.2. The minimum Gasteiger partial charge on any atom is -0.388 e. The second-order valence-electron chi connectivity index (χ2n) is 5.32. The Kier molecular flexibility index (Phi) is 7.20. The van der Waals surface area contributed by atoms with Crippen molar-refractivity contribution in [3.63, 3.8) is 0 Å². The van der Waals surface area contributed by atoms with E-state index in [1.807, 2.05) is 61.5 Å². The molecule has 0 spiro atoms. The van der Waals surface area contributed by atoms with Crippen molar-refractivity contribution in [1.29, 1.82) is 0 Å². The Morgan fingerprint density at radius 2 is 1.83 bits per heavy atom. The van der Waals surface area contributed by atoms with Crippen LogP contribution in [0.15, 0.2) is 71.6 Å². The molecule has 0 fully saturated rings. The normalized spacial score (nSPS) is 14.0. The zero-order valence-corrected chi connectivity index (χ0v) is 14.0. The van der Waals surface area contributed by atoms with Crippen LogP contribution in [0.3, 0.4) is 0 Å². The molecule has 2 aromatic rings. The number of aliphatic hydroxyl groups excluding tert-OH is 1. The lowest BCUT2D eigenvalue weighted by molar-refractivity contribution is 0.147. The van der Waals surface area contributed by atoms with Crippen LogP contribution >= 0.6 is 0 Å². The van der Waals surface area contributed by atoms with Crippen LogP contribution in [0.4, 0.5) is 0 Å². The van der Waals surface area contributed by atoms with Crippen molar-refractivity contribution >= 4 is 10.8 Å². The van der Waals surface area contributed by atoms with E-state index in [9.17, 15) is 9.32 Å². The maximum absolute atomic E-state index is 12.1. The van der Waals surface area contributed by atoms with Gasteiger partial charge in [0.15, 0.2) is 0 Å². The number of rotatable bonds is 8. The second-order valence-corrected chi connectivity index (χ2v) is 6.82. The molecule has 0 bridgehead atoms. The Bertz CT molecular complexity index is 635.